The van der Waals surface area contributed by atoms with Gasteiger partial charge in [0.15, 0.2) is 6.29 Å². The highest BCUT2D eigenvalue weighted by molar-refractivity contribution is 5.95. The van der Waals surface area contributed by atoms with Crippen molar-refractivity contribution in [2.45, 2.75) is 6.92 Å². The van der Waals surface area contributed by atoms with Gasteiger partial charge in [-0.1, -0.05) is 0 Å². The second-order valence-corrected chi connectivity index (χ2v) is 2.81. The zero-order valence-electron chi connectivity index (χ0n) is 6.66. The smallest absolute Gasteiger partial charge is 0.152 e. The van der Waals surface area contributed by atoms with Crippen LogP contribution in [-0.2, 0) is 0 Å². The molecular weight excluding hydrogens is 152 g/mol. The molecular formula is C9H8N2O. The molecule has 60 valence electrons. The Labute approximate surface area is 69.4 Å². The Morgan fingerprint density at radius 3 is 3.08 bits per heavy atom. The van der Waals surface area contributed by atoms with Gasteiger partial charge in [-0.2, -0.15) is 5.10 Å². The average molecular weight is 160 g/mol. The SMILES string of the molecule is Cc1cc(C=O)c2[nH]ncc2c1. The summed E-state index contributed by atoms with van der Waals surface area (Å²) in [6, 6.07) is 3.83. The van der Waals surface area contributed by atoms with Crippen LogP contribution in [0.3, 0.4) is 0 Å². The summed E-state index contributed by atoms with van der Waals surface area (Å²) in [6.45, 7) is 1.96. The number of aromatic nitrogens is 2. The Kier molecular flexibility index (Phi) is 1.43. The molecule has 0 radical (unpaired) electrons. The number of aromatic amines is 1. The first kappa shape index (κ1) is 7.03. The van der Waals surface area contributed by atoms with E-state index in [9.17, 15) is 4.79 Å². The third-order valence-electron chi connectivity index (χ3n) is 1.85. The minimum Gasteiger partial charge on any atom is -0.298 e. The molecule has 0 saturated carbocycles. The van der Waals surface area contributed by atoms with Crippen molar-refractivity contribution < 1.29 is 4.79 Å². The van der Waals surface area contributed by atoms with E-state index in [2.05, 4.69) is 10.2 Å². The van der Waals surface area contributed by atoms with E-state index in [1.165, 1.54) is 0 Å². The van der Waals surface area contributed by atoms with Gasteiger partial charge in [0, 0.05) is 10.9 Å². The number of aryl methyl sites for hydroxylation is 1. The lowest BCUT2D eigenvalue weighted by Gasteiger charge is -1.95. The molecule has 0 fully saturated rings. The third kappa shape index (κ3) is 0.906. The largest absolute Gasteiger partial charge is 0.298 e. The number of aldehydes is 1. The minimum absolute atomic E-state index is 0.669. The van der Waals surface area contributed by atoms with E-state index in [0.717, 1.165) is 22.8 Å². The van der Waals surface area contributed by atoms with Gasteiger partial charge in [-0.3, -0.25) is 9.89 Å². The second-order valence-electron chi connectivity index (χ2n) is 2.81. The van der Waals surface area contributed by atoms with Crippen LogP contribution in [0.25, 0.3) is 10.9 Å². The Morgan fingerprint density at radius 2 is 2.33 bits per heavy atom. The summed E-state index contributed by atoms with van der Waals surface area (Å²) in [5.41, 5.74) is 2.56. The summed E-state index contributed by atoms with van der Waals surface area (Å²) in [7, 11) is 0. The first-order valence-electron chi connectivity index (χ1n) is 3.70. The molecule has 0 aliphatic heterocycles. The van der Waals surface area contributed by atoms with Gasteiger partial charge in [0.2, 0.25) is 0 Å². The van der Waals surface area contributed by atoms with Crippen molar-refractivity contribution in [3.63, 3.8) is 0 Å². The van der Waals surface area contributed by atoms with Crippen LogP contribution in [0.2, 0.25) is 0 Å². The van der Waals surface area contributed by atoms with Crippen LogP contribution in [0.4, 0.5) is 0 Å². The molecule has 2 rings (SSSR count). The maximum atomic E-state index is 10.6. The van der Waals surface area contributed by atoms with Gasteiger partial charge in [0.1, 0.15) is 0 Å². The Balaban J connectivity index is 2.88. The van der Waals surface area contributed by atoms with Crippen LogP contribution in [0.5, 0.6) is 0 Å². The van der Waals surface area contributed by atoms with Gasteiger partial charge < -0.3 is 0 Å². The molecule has 0 unspecified atom stereocenters. The molecule has 1 N–H and O–H groups in total. The summed E-state index contributed by atoms with van der Waals surface area (Å²) >= 11 is 0. The maximum absolute atomic E-state index is 10.6. The first-order chi connectivity index (χ1) is 5.81. The molecule has 1 heterocycles. The van der Waals surface area contributed by atoms with Crippen molar-refractivity contribution in [2.75, 3.05) is 0 Å². The highest BCUT2D eigenvalue weighted by Crippen LogP contribution is 2.16. The predicted octanol–water partition coefficient (Wildman–Crippen LogP) is 1.68. The van der Waals surface area contributed by atoms with E-state index in [1.54, 1.807) is 6.20 Å². The number of carbonyl (C=O) groups is 1. The van der Waals surface area contributed by atoms with Gasteiger partial charge >= 0.3 is 0 Å². The molecule has 3 heteroatoms. The summed E-state index contributed by atoms with van der Waals surface area (Å²) in [5, 5.41) is 7.64. The van der Waals surface area contributed by atoms with Crippen LogP contribution in [0.15, 0.2) is 18.3 Å². The van der Waals surface area contributed by atoms with Crippen molar-refractivity contribution in [1.82, 2.24) is 10.2 Å². The highest BCUT2D eigenvalue weighted by atomic mass is 16.1. The summed E-state index contributed by atoms with van der Waals surface area (Å²) in [5.74, 6) is 0. The second kappa shape index (κ2) is 2.44. The van der Waals surface area contributed by atoms with Crippen molar-refractivity contribution in [2.24, 2.45) is 0 Å². The molecule has 1 aromatic heterocycles. The number of hydrogen-bond acceptors (Lipinski definition) is 2. The fourth-order valence-corrected chi connectivity index (χ4v) is 1.33. The molecule has 12 heavy (non-hydrogen) atoms. The lowest BCUT2D eigenvalue weighted by atomic mass is 10.1. The van der Waals surface area contributed by atoms with Gasteiger partial charge in [-0.25, -0.2) is 0 Å². The molecule has 0 aliphatic carbocycles. The van der Waals surface area contributed by atoms with Crippen molar-refractivity contribution in [3.8, 4) is 0 Å². The molecule has 0 amide bonds. The monoisotopic (exact) mass is 160 g/mol. The fraction of sp³-hybridized carbons (Fsp3) is 0.111. The van der Waals surface area contributed by atoms with Crippen LogP contribution in [0, 0.1) is 6.92 Å². The molecule has 3 nitrogen and oxygen atoms in total. The van der Waals surface area contributed by atoms with Gasteiger partial charge in [0.25, 0.3) is 0 Å². The van der Waals surface area contributed by atoms with Gasteiger partial charge in [-0.15, -0.1) is 0 Å². The standard InChI is InChI=1S/C9H8N2O/c1-6-2-7-4-10-11-9(7)8(3-6)5-12/h2-5H,1H3,(H,10,11). The maximum Gasteiger partial charge on any atom is 0.152 e. The van der Waals surface area contributed by atoms with Crippen LogP contribution >= 0.6 is 0 Å². The number of H-pyrrole nitrogens is 1. The topological polar surface area (TPSA) is 45.8 Å². The van der Waals surface area contributed by atoms with E-state index in [4.69, 9.17) is 0 Å². The Bertz CT molecular complexity index is 431. The zero-order valence-corrected chi connectivity index (χ0v) is 6.66. The molecule has 0 atom stereocenters. The summed E-state index contributed by atoms with van der Waals surface area (Å²) in [4.78, 5) is 10.6. The molecule has 0 spiro atoms. The Morgan fingerprint density at radius 1 is 1.50 bits per heavy atom. The number of nitrogens with zero attached hydrogens (tertiary/aromatic N) is 1. The number of fused-ring (bicyclic) bond motifs is 1. The normalized spacial score (nSPS) is 10.4. The van der Waals surface area contributed by atoms with Crippen molar-refractivity contribution in [1.29, 1.82) is 0 Å². The first-order valence-corrected chi connectivity index (χ1v) is 3.70. The van der Waals surface area contributed by atoms with E-state index in [-0.39, 0.29) is 0 Å². The van der Waals surface area contributed by atoms with Crippen molar-refractivity contribution in [3.05, 3.63) is 29.5 Å². The molecule has 0 bridgehead atoms. The number of carbonyl (C=O) groups excluding carboxylic acids is 1. The average Bonchev–Trinajstić information content (AvgIpc) is 2.50. The van der Waals surface area contributed by atoms with Crippen LogP contribution in [-0.4, -0.2) is 16.5 Å². The lowest BCUT2D eigenvalue weighted by molar-refractivity contribution is 0.112. The summed E-state index contributed by atoms with van der Waals surface area (Å²) < 4.78 is 0. The van der Waals surface area contributed by atoms with Crippen LogP contribution < -0.4 is 0 Å². The van der Waals surface area contributed by atoms with E-state index in [1.807, 2.05) is 19.1 Å². The molecule has 0 saturated heterocycles. The quantitative estimate of drug-likeness (QED) is 0.645. The van der Waals surface area contributed by atoms with Gasteiger partial charge in [0.05, 0.1) is 11.7 Å². The number of hydrogen-bond donors (Lipinski definition) is 1. The lowest BCUT2D eigenvalue weighted by Crippen LogP contribution is -1.84. The fourth-order valence-electron chi connectivity index (χ4n) is 1.33. The predicted molar refractivity (Wildman–Crippen MR) is 46.2 cm³/mol. The zero-order chi connectivity index (χ0) is 8.55. The number of nitrogens with one attached hydrogen (secondary N) is 1. The van der Waals surface area contributed by atoms with E-state index in [0.29, 0.717) is 5.56 Å². The third-order valence-corrected chi connectivity index (χ3v) is 1.85. The Hall–Kier alpha value is -1.64. The van der Waals surface area contributed by atoms with Crippen molar-refractivity contribution >= 4 is 17.2 Å². The number of rotatable bonds is 1. The number of benzene rings is 1. The van der Waals surface area contributed by atoms with E-state index >= 15 is 0 Å². The molecule has 2 aromatic rings. The highest BCUT2D eigenvalue weighted by Gasteiger charge is 2.02. The molecule has 0 aliphatic rings. The van der Waals surface area contributed by atoms with Gasteiger partial charge in [-0.05, 0) is 24.6 Å². The minimum atomic E-state index is 0.669. The summed E-state index contributed by atoms with van der Waals surface area (Å²) in [6.07, 6.45) is 2.56. The van der Waals surface area contributed by atoms with E-state index < -0.39 is 0 Å². The molecule has 1 aromatic carbocycles. The van der Waals surface area contributed by atoms with Crippen LogP contribution in [0.1, 0.15) is 15.9 Å².